The first-order valence-electron chi connectivity index (χ1n) is 6.09. The second kappa shape index (κ2) is 5.80. The Morgan fingerprint density at radius 1 is 1.16 bits per heavy atom. The fourth-order valence-corrected chi connectivity index (χ4v) is 1.97. The van der Waals surface area contributed by atoms with E-state index in [2.05, 4.69) is 5.32 Å². The van der Waals surface area contributed by atoms with Gasteiger partial charge in [0.1, 0.15) is 11.6 Å². The van der Waals surface area contributed by atoms with Crippen molar-refractivity contribution in [3.63, 3.8) is 0 Å². The van der Waals surface area contributed by atoms with Crippen LogP contribution in [0.2, 0.25) is 0 Å². The van der Waals surface area contributed by atoms with Crippen LogP contribution >= 0.6 is 0 Å². The van der Waals surface area contributed by atoms with Crippen molar-refractivity contribution in [2.45, 2.75) is 13.0 Å². The molecule has 0 amide bonds. The number of hydrogen-bond donors (Lipinski definition) is 2. The summed E-state index contributed by atoms with van der Waals surface area (Å²) in [5.74, 6) is -1.18. The van der Waals surface area contributed by atoms with Crippen LogP contribution in [0.5, 0.6) is 0 Å². The van der Waals surface area contributed by atoms with Gasteiger partial charge in [0.2, 0.25) is 0 Å². The fraction of sp³-hybridized carbons (Fsp3) is 0.200. The average molecular weight is 262 g/mol. The third-order valence-corrected chi connectivity index (χ3v) is 3.05. The predicted octanol–water partition coefficient (Wildman–Crippen LogP) is 3.39. The number of nitrogens with two attached hydrogens (primary N) is 1. The van der Waals surface area contributed by atoms with E-state index in [1.165, 1.54) is 12.1 Å². The number of para-hydroxylation sites is 1. The zero-order chi connectivity index (χ0) is 13.8. The molecule has 0 bridgehead atoms. The van der Waals surface area contributed by atoms with Crippen LogP contribution < -0.4 is 11.1 Å². The van der Waals surface area contributed by atoms with E-state index in [-0.39, 0.29) is 12.6 Å². The van der Waals surface area contributed by atoms with Gasteiger partial charge in [0.05, 0.1) is 6.04 Å². The summed E-state index contributed by atoms with van der Waals surface area (Å²) in [5.41, 5.74) is 7.99. The van der Waals surface area contributed by atoms with Gasteiger partial charge in [0, 0.05) is 23.9 Å². The fourth-order valence-electron chi connectivity index (χ4n) is 1.97. The minimum Gasteiger partial charge on any atom is -0.377 e. The lowest BCUT2D eigenvalue weighted by molar-refractivity contribution is 0.562. The van der Waals surface area contributed by atoms with Gasteiger partial charge in [0.15, 0.2) is 0 Å². The molecule has 0 aliphatic heterocycles. The van der Waals surface area contributed by atoms with Crippen molar-refractivity contribution in [3.8, 4) is 0 Å². The summed E-state index contributed by atoms with van der Waals surface area (Å²) in [4.78, 5) is 0. The molecule has 0 heterocycles. The summed E-state index contributed by atoms with van der Waals surface area (Å²) < 4.78 is 26.7. The molecule has 4 heteroatoms. The van der Waals surface area contributed by atoms with E-state index in [0.29, 0.717) is 5.56 Å². The van der Waals surface area contributed by atoms with Crippen molar-refractivity contribution in [2.24, 2.45) is 5.73 Å². The topological polar surface area (TPSA) is 38.0 Å². The highest BCUT2D eigenvalue weighted by Crippen LogP contribution is 2.23. The van der Waals surface area contributed by atoms with E-state index in [1.807, 2.05) is 31.2 Å². The van der Waals surface area contributed by atoms with Crippen LogP contribution in [0.25, 0.3) is 0 Å². The third kappa shape index (κ3) is 3.09. The smallest absolute Gasteiger partial charge is 0.131 e. The highest BCUT2D eigenvalue weighted by molar-refractivity contribution is 5.52. The summed E-state index contributed by atoms with van der Waals surface area (Å²) >= 11 is 0. The summed E-state index contributed by atoms with van der Waals surface area (Å²) in [6.07, 6.45) is 0. The van der Waals surface area contributed by atoms with E-state index >= 15 is 0 Å². The van der Waals surface area contributed by atoms with Crippen LogP contribution in [0.1, 0.15) is 17.2 Å². The van der Waals surface area contributed by atoms with Crippen molar-refractivity contribution in [3.05, 3.63) is 65.2 Å². The van der Waals surface area contributed by atoms with Gasteiger partial charge in [-0.1, -0.05) is 24.3 Å². The normalized spacial score (nSPS) is 12.2. The molecule has 0 aliphatic carbocycles. The Kier molecular flexibility index (Phi) is 4.12. The van der Waals surface area contributed by atoms with E-state index in [0.717, 1.165) is 17.3 Å². The van der Waals surface area contributed by atoms with Gasteiger partial charge in [0.25, 0.3) is 0 Å². The number of halogens is 2. The number of anilines is 1. The first-order chi connectivity index (χ1) is 9.11. The highest BCUT2D eigenvalue weighted by Gasteiger charge is 2.15. The summed E-state index contributed by atoms with van der Waals surface area (Å²) in [6, 6.07) is 10.8. The number of benzene rings is 2. The van der Waals surface area contributed by atoms with Gasteiger partial charge in [-0.05, 0) is 24.6 Å². The molecule has 0 aliphatic rings. The lowest BCUT2D eigenvalue weighted by atomic mass is 10.0. The molecule has 0 fully saturated rings. The van der Waals surface area contributed by atoms with Gasteiger partial charge in [-0.3, -0.25) is 0 Å². The first-order valence-corrected chi connectivity index (χ1v) is 6.09. The molecular formula is C15H16F2N2. The molecule has 19 heavy (non-hydrogen) atoms. The van der Waals surface area contributed by atoms with Gasteiger partial charge >= 0.3 is 0 Å². The molecule has 3 N–H and O–H groups in total. The first kappa shape index (κ1) is 13.5. The molecule has 0 saturated carbocycles. The average Bonchev–Trinajstić information content (AvgIpc) is 2.39. The molecule has 1 unspecified atom stereocenters. The summed E-state index contributed by atoms with van der Waals surface area (Å²) in [5, 5.41) is 3.19. The Morgan fingerprint density at radius 2 is 1.89 bits per heavy atom. The van der Waals surface area contributed by atoms with E-state index in [9.17, 15) is 8.78 Å². The molecule has 0 radical (unpaired) electrons. The zero-order valence-electron chi connectivity index (χ0n) is 10.7. The molecule has 0 aromatic heterocycles. The van der Waals surface area contributed by atoms with Gasteiger partial charge < -0.3 is 11.1 Å². The highest BCUT2D eigenvalue weighted by atomic mass is 19.1. The van der Waals surface area contributed by atoms with Crippen LogP contribution in [-0.4, -0.2) is 6.54 Å². The molecule has 100 valence electrons. The van der Waals surface area contributed by atoms with Gasteiger partial charge in [-0.25, -0.2) is 8.78 Å². The molecule has 2 nitrogen and oxygen atoms in total. The van der Waals surface area contributed by atoms with Crippen LogP contribution in [-0.2, 0) is 0 Å². The quantitative estimate of drug-likeness (QED) is 0.886. The van der Waals surface area contributed by atoms with Crippen molar-refractivity contribution in [2.75, 3.05) is 11.9 Å². The number of nitrogens with one attached hydrogen (secondary N) is 1. The molecule has 0 saturated heterocycles. The molecular weight excluding hydrogens is 246 g/mol. The van der Waals surface area contributed by atoms with Crippen LogP contribution in [0.3, 0.4) is 0 Å². The second-order valence-electron chi connectivity index (χ2n) is 4.41. The Labute approximate surface area is 111 Å². The predicted molar refractivity (Wildman–Crippen MR) is 73.0 cm³/mol. The number of hydrogen-bond acceptors (Lipinski definition) is 2. The Bertz CT molecular complexity index is 570. The van der Waals surface area contributed by atoms with Crippen molar-refractivity contribution in [1.82, 2.24) is 0 Å². The summed E-state index contributed by atoms with van der Waals surface area (Å²) in [7, 11) is 0. The lowest BCUT2D eigenvalue weighted by Gasteiger charge is -2.20. The van der Waals surface area contributed by atoms with E-state index < -0.39 is 11.6 Å². The van der Waals surface area contributed by atoms with Crippen molar-refractivity contribution >= 4 is 5.69 Å². The maximum Gasteiger partial charge on any atom is 0.131 e. The number of rotatable bonds is 4. The standard InChI is InChI=1S/C15H16F2N2/c1-10-4-2-3-5-14(10)19-15(9-18)12-7-6-11(16)8-13(12)17/h2-8,15,19H,9,18H2,1H3. The minimum absolute atomic E-state index is 0.219. The van der Waals surface area contributed by atoms with Crippen molar-refractivity contribution in [1.29, 1.82) is 0 Å². The second-order valence-corrected chi connectivity index (χ2v) is 4.41. The van der Waals surface area contributed by atoms with Gasteiger partial charge in [-0.2, -0.15) is 0 Å². The monoisotopic (exact) mass is 262 g/mol. The SMILES string of the molecule is Cc1ccccc1NC(CN)c1ccc(F)cc1F. The van der Waals surface area contributed by atoms with E-state index in [4.69, 9.17) is 5.73 Å². The maximum absolute atomic E-state index is 13.8. The Balaban J connectivity index is 2.28. The summed E-state index contributed by atoms with van der Waals surface area (Å²) in [6.45, 7) is 2.17. The molecule has 1 atom stereocenters. The third-order valence-electron chi connectivity index (χ3n) is 3.05. The van der Waals surface area contributed by atoms with Crippen LogP contribution in [0.4, 0.5) is 14.5 Å². The van der Waals surface area contributed by atoms with E-state index in [1.54, 1.807) is 0 Å². The molecule has 0 spiro atoms. The Hall–Kier alpha value is -1.94. The maximum atomic E-state index is 13.8. The molecule has 2 aromatic rings. The van der Waals surface area contributed by atoms with Crippen LogP contribution in [0, 0.1) is 18.6 Å². The zero-order valence-corrected chi connectivity index (χ0v) is 10.7. The largest absolute Gasteiger partial charge is 0.377 e. The molecule has 2 rings (SSSR count). The number of aryl methyl sites for hydroxylation is 1. The minimum atomic E-state index is -0.590. The van der Waals surface area contributed by atoms with Crippen LogP contribution in [0.15, 0.2) is 42.5 Å². The van der Waals surface area contributed by atoms with Gasteiger partial charge in [-0.15, -0.1) is 0 Å². The molecule has 2 aromatic carbocycles. The Morgan fingerprint density at radius 3 is 2.53 bits per heavy atom. The lowest BCUT2D eigenvalue weighted by Crippen LogP contribution is -2.22. The van der Waals surface area contributed by atoms with Crippen molar-refractivity contribution < 1.29 is 8.78 Å².